The lowest BCUT2D eigenvalue weighted by atomic mass is 10.1. The maximum atomic E-state index is 11.8. The van der Waals surface area contributed by atoms with Gasteiger partial charge in [-0.2, -0.15) is 0 Å². The van der Waals surface area contributed by atoms with E-state index in [1.54, 1.807) is 19.1 Å². The van der Waals surface area contributed by atoms with Crippen LogP contribution in [0.3, 0.4) is 0 Å². The normalized spacial score (nSPS) is 15.5. The summed E-state index contributed by atoms with van der Waals surface area (Å²) < 4.78 is 10.4. The summed E-state index contributed by atoms with van der Waals surface area (Å²) in [6.45, 7) is 6.35. The number of carbonyl (C=O) groups excluding carboxylic acids is 1. The number of guanidine groups is 1. The Morgan fingerprint density at radius 3 is 2.65 bits per heavy atom. The van der Waals surface area contributed by atoms with Crippen molar-refractivity contribution in [1.82, 2.24) is 15.5 Å². The van der Waals surface area contributed by atoms with Crippen molar-refractivity contribution < 1.29 is 14.3 Å². The molecule has 0 aliphatic carbocycles. The summed E-state index contributed by atoms with van der Waals surface area (Å²) in [4.78, 5) is 17.8. The minimum absolute atomic E-state index is 0.221. The van der Waals surface area contributed by atoms with Crippen LogP contribution in [0.25, 0.3) is 0 Å². The molecule has 0 saturated carbocycles. The van der Waals surface area contributed by atoms with Crippen LogP contribution >= 0.6 is 0 Å². The third kappa shape index (κ3) is 5.82. The Labute approximate surface area is 155 Å². The maximum absolute atomic E-state index is 11.8. The van der Waals surface area contributed by atoms with E-state index in [-0.39, 0.29) is 6.09 Å². The van der Waals surface area contributed by atoms with Gasteiger partial charge >= 0.3 is 6.09 Å². The lowest BCUT2D eigenvalue weighted by Gasteiger charge is -2.32. The van der Waals surface area contributed by atoms with Crippen LogP contribution in [0.15, 0.2) is 23.2 Å². The van der Waals surface area contributed by atoms with E-state index in [2.05, 4.69) is 28.6 Å². The highest BCUT2D eigenvalue weighted by molar-refractivity contribution is 5.80. The number of piperidine rings is 1. The molecular formula is C19H30N4O3. The SMILES string of the molecule is CCOC(=O)N1CCC(NC(=NC)NCc2cc(C)cc(OC)c2)CC1. The molecule has 26 heavy (non-hydrogen) atoms. The van der Waals surface area contributed by atoms with Gasteiger partial charge < -0.3 is 25.0 Å². The summed E-state index contributed by atoms with van der Waals surface area (Å²) >= 11 is 0. The van der Waals surface area contributed by atoms with E-state index in [0.29, 0.717) is 32.3 Å². The first kappa shape index (κ1) is 19.9. The standard InChI is InChI=1S/C19H30N4O3/c1-5-26-19(24)23-8-6-16(7-9-23)22-18(20-3)21-13-15-10-14(2)11-17(12-15)25-4/h10-12,16H,5-9,13H2,1-4H3,(H2,20,21,22). The Hall–Kier alpha value is -2.44. The first-order valence-corrected chi connectivity index (χ1v) is 9.09. The van der Waals surface area contributed by atoms with Gasteiger partial charge in [-0.15, -0.1) is 0 Å². The molecule has 0 radical (unpaired) electrons. The van der Waals surface area contributed by atoms with Crippen LogP contribution in [-0.2, 0) is 11.3 Å². The van der Waals surface area contributed by atoms with Crippen molar-refractivity contribution in [3.8, 4) is 5.75 Å². The predicted octanol–water partition coefficient (Wildman–Crippen LogP) is 2.29. The Morgan fingerprint density at radius 1 is 1.31 bits per heavy atom. The minimum Gasteiger partial charge on any atom is -0.497 e. The quantitative estimate of drug-likeness (QED) is 0.621. The number of nitrogens with one attached hydrogen (secondary N) is 2. The van der Waals surface area contributed by atoms with Gasteiger partial charge in [0.2, 0.25) is 0 Å². The van der Waals surface area contributed by atoms with E-state index in [0.717, 1.165) is 35.7 Å². The second-order valence-corrected chi connectivity index (χ2v) is 6.39. The summed E-state index contributed by atoms with van der Waals surface area (Å²) in [6, 6.07) is 6.44. The van der Waals surface area contributed by atoms with Gasteiger partial charge in [0.05, 0.1) is 13.7 Å². The first-order valence-electron chi connectivity index (χ1n) is 9.09. The zero-order valence-electron chi connectivity index (χ0n) is 16.2. The first-order chi connectivity index (χ1) is 12.5. The van der Waals surface area contributed by atoms with Gasteiger partial charge in [0, 0.05) is 32.7 Å². The molecule has 0 spiro atoms. The Bertz CT molecular complexity index is 625. The predicted molar refractivity (Wildman–Crippen MR) is 103 cm³/mol. The third-order valence-electron chi connectivity index (χ3n) is 4.39. The second-order valence-electron chi connectivity index (χ2n) is 6.39. The van der Waals surface area contributed by atoms with Gasteiger partial charge in [0.15, 0.2) is 5.96 Å². The number of rotatable bonds is 5. The highest BCUT2D eigenvalue weighted by Gasteiger charge is 2.23. The van der Waals surface area contributed by atoms with Crippen LogP contribution in [0.2, 0.25) is 0 Å². The van der Waals surface area contributed by atoms with Gasteiger partial charge in [0.1, 0.15) is 5.75 Å². The summed E-state index contributed by atoms with van der Waals surface area (Å²) in [5.41, 5.74) is 2.30. The average Bonchev–Trinajstić information content (AvgIpc) is 2.65. The van der Waals surface area contributed by atoms with E-state index in [9.17, 15) is 4.79 Å². The van der Waals surface area contributed by atoms with Gasteiger partial charge in [0.25, 0.3) is 0 Å². The molecule has 2 rings (SSSR count). The van der Waals surface area contributed by atoms with Gasteiger partial charge in [-0.25, -0.2) is 4.79 Å². The molecule has 1 saturated heterocycles. The molecule has 1 aromatic carbocycles. The van der Waals surface area contributed by atoms with Crippen LogP contribution in [0.4, 0.5) is 4.79 Å². The number of benzene rings is 1. The molecular weight excluding hydrogens is 332 g/mol. The van der Waals surface area contributed by atoms with Gasteiger partial charge in [-0.05, 0) is 49.9 Å². The molecule has 7 heteroatoms. The second kappa shape index (κ2) is 9.89. The van der Waals surface area contributed by atoms with Crippen LogP contribution < -0.4 is 15.4 Å². The lowest BCUT2D eigenvalue weighted by molar-refractivity contribution is 0.0963. The van der Waals surface area contributed by atoms with Crippen molar-refractivity contribution >= 4 is 12.1 Å². The molecule has 0 aromatic heterocycles. The third-order valence-corrected chi connectivity index (χ3v) is 4.39. The molecule has 2 N–H and O–H groups in total. The Kier molecular flexibility index (Phi) is 7.56. The van der Waals surface area contributed by atoms with Crippen LogP contribution in [0, 0.1) is 6.92 Å². The van der Waals surface area contributed by atoms with Crippen molar-refractivity contribution in [2.75, 3.05) is 33.9 Å². The number of aryl methyl sites for hydroxylation is 1. The number of hydrogen-bond donors (Lipinski definition) is 2. The number of hydrogen-bond acceptors (Lipinski definition) is 4. The molecule has 1 heterocycles. The zero-order chi connectivity index (χ0) is 18.9. The van der Waals surface area contributed by atoms with Crippen LogP contribution in [0.1, 0.15) is 30.9 Å². The fourth-order valence-electron chi connectivity index (χ4n) is 3.04. The summed E-state index contributed by atoms with van der Waals surface area (Å²) in [7, 11) is 3.44. The number of nitrogens with zero attached hydrogens (tertiary/aromatic N) is 2. The van der Waals surface area contributed by atoms with E-state index < -0.39 is 0 Å². The fraction of sp³-hybridized carbons (Fsp3) is 0.579. The number of likely N-dealkylation sites (tertiary alicyclic amines) is 1. The number of ether oxygens (including phenoxy) is 2. The highest BCUT2D eigenvalue weighted by atomic mass is 16.6. The number of methoxy groups -OCH3 is 1. The molecule has 1 amide bonds. The monoisotopic (exact) mass is 362 g/mol. The Morgan fingerprint density at radius 2 is 2.04 bits per heavy atom. The molecule has 1 aliphatic heterocycles. The van der Waals surface area contributed by atoms with E-state index in [1.807, 2.05) is 19.1 Å². The molecule has 7 nitrogen and oxygen atoms in total. The van der Waals surface area contributed by atoms with E-state index in [4.69, 9.17) is 9.47 Å². The number of carbonyl (C=O) groups is 1. The summed E-state index contributed by atoms with van der Waals surface area (Å²) in [6.07, 6.45) is 1.53. The molecule has 1 fully saturated rings. The van der Waals surface area contributed by atoms with Crippen LogP contribution in [0.5, 0.6) is 5.75 Å². The van der Waals surface area contributed by atoms with Crippen molar-refractivity contribution in [1.29, 1.82) is 0 Å². The van der Waals surface area contributed by atoms with Crippen molar-refractivity contribution in [3.63, 3.8) is 0 Å². The smallest absolute Gasteiger partial charge is 0.409 e. The molecule has 1 aliphatic rings. The molecule has 0 atom stereocenters. The largest absolute Gasteiger partial charge is 0.497 e. The van der Waals surface area contributed by atoms with E-state index >= 15 is 0 Å². The lowest BCUT2D eigenvalue weighted by Crippen LogP contribution is -2.49. The molecule has 144 valence electrons. The molecule has 0 bridgehead atoms. The van der Waals surface area contributed by atoms with Crippen LogP contribution in [-0.4, -0.2) is 56.8 Å². The highest BCUT2D eigenvalue weighted by Crippen LogP contribution is 2.16. The minimum atomic E-state index is -0.221. The van der Waals surface area contributed by atoms with Crippen molar-refractivity contribution in [2.24, 2.45) is 4.99 Å². The summed E-state index contributed by atoms with van der Waals surface area (Å²) in [5, 5.41) is 6.78. The fourth-order valence-corrected chi connectivity index (χ4v) is 3.04. The summed E-state index contributed by atoms with van der Waals surface area (Å²) in [5.74, 6) is 1.62. The van der Waals surface area contributed by atoms with Crippen molar-refractivity contribution in [3.05, 3.63) is 29.3 Å². The topological polar surface area (TPSA) is 75.2 Å². The van der Waals surface area contributed by atoms with E-state index in [1.165, 1.54) is 0 Å². The zero-order valence-corrected chi connectivity index (χ0v) is 16.2. The molecule has 1 aromatic rings. The maximum Gasteiger partial charge on any atom is 0.409 e. The number of amides is 1. The Balaban J connectivity index is 1.82. The average molecular weight is 362 g/mol. The van der Waals surface area contributed by atoms with Gasteiger partial charge in [-0.1, -0.05) is 6.07 Å². The number of aliphatic imine (C=N–C) groups is 1. The molecule has 0 unspecified atom stereocenters. The van der Waals surface area contributed by atoms with Crippen molar-refractivity contribution in [2.45, 2.75) is 39.3 Å². The van der Waals surface area contributed by atoms with Gasteiger partial charge in [-0.3, -0.25) is 4.99 Å².